The molecule has 1 aromatic heterocycles. The molecule has 0 bridgehead atoms. The van der Waals surface area contributed by atoms with E-state index in [0.717, 1.165) is 0 Å². The van der Waals surface area contributed by atoms with Crippen molar-refractivity contribution in [1.29, 1.82) is 0 Å². The van der Waals surface area contributed by atoms with Crippen LogP contribution in [0.15, 0.2) is 15.5 Å². The Bertz CT molecular complexity index is 658. The molecule has 20 heavy (non-hydrogen) atoms. The molecule has 0 unspecified atom stereocenters. The summed E-state index contributed by atoms with van der Waals surface area (Å²) >= 11 is 3.30. The molecule has 1 fully saturated rings. The molecule has 0 aromatic carbocycles. The molecule has 0 aliphatic carbocycles. The summed E-state index contributed by atoms with van der Waals surface area (Å²) in [4.78, 5) is 13.9. The van der Waals surface area contributed by atoms with Crippen LogP contribution in [0.4, 0.5) is 5.69 Å². The highest BCUT2D eigenvalue weighted by atomic mass is 79.9. The monoisotopic (exact) mass is 364 g/mol. The van der Waals surface area contributed by atoms with Gasteiger partial charge in [-0.15, -0.1) is 0 Å². The predicted octanol–water partition coefficient (Wildman–Crippen LogP) is 0.0145. The van der Waals surface area contributed by atoms with Crippen LogP contribution in [-0.2, 0) is 17.1 Å². The van der Waals surface area contributed by atoms with Gasteiger partial charge in [-0.1, -0.05) is 0 Å². The van der Waals surface area contributed by atoms with E-state index in [0.29, 0.717) is 42.8 Å². The molecule has 1 aliphatic heterocycles. The number of nitrogens with zero attached hydrogens (tertiary/aromatic N) is 4. The maximum Gasteiger partial charge on any atom is 0.282 e. The quantitative estimate of drug-likeness (QED) is 0.739. The van der Waals surface area contributed by atoms with E-state index in [1.54, 1.807) is 13.2 Å². The van der Waals surface area contributed by atoms with E-state index in [4.69, 9.17) is 0 Å². The minimum atomic E-state index is -3.17. The van der Waals surface area contributed by atoms with E-state index in [1.807, 2.05) is 4.90 Å². The summed E-state index contributed by atoms with van der Waals surface area (Å²) < 4.78 is 26.3. The van der Waals surface area contributed by atoms with E-state index in [-0.39, 0.29) is 5.56 Å². The zero-order valence-electron chi connectivity index (χ0n) is 11.4. The second-order valence-corrected chi connectivity index (χ2v) is 7.55. The summed E-state index contributed by atoms with van der Waals surface area (Å²) in [5.41, 5.74) is 0.509. The van der Waals surface area contributed by atoms with Gasteiger partial charge in [0.1, 0.15) is 4.47 Å². The maximum atomic E-state index is 11.9. The average molecular weight is 365 g/mol. The molecule has 0 radical (unpaired) electrons. The second-order valence-electron chi connectivity index (χ2n) is 4.78. The average Bonchev–Trinajstić information content (AvgIpc) is 2.61. The van der Waals surface area contributed by atoms with Crippen molar-refractivity contribution < 1.29 is 8.42 Å². The van der Waals surface area contributed by atoms with Gasteiger partial charge < -0.3 is 4.90 Å². The molecule has 0 amide bonds. The van der Waals surface area contributed by atoms with Gasteiger partial charge in [0, 0.05) is 33.2 Å². The highest BCUT2D eigenvalue weighted by molar-refractivity contribution is 9.10. The maximum absolute atomic E-state index is 11.9. The molecule has 0 N–H and O–H groups in total. The van der Waals surface area contributed by atoms with Gasteiger partial charge in [0.2, 0.25) is 10.0 Å². The van der Waals surface area contributed by atoms with Crippen LogP contribution in [0.1, 0.15) is 6.42 Å². The number of aryl methyl sites for hydroxylation is 1. The second kappa shape index (κ2) is 5.82. The highest BCUT2D eigenvalue weighted by Crippen LogP contribution is 2.23. The lowest BCUT2D eigenvalue weighted by molar-refractivity contribution is 0.437. The van der Waals surface area contributed by atoms with E-state index >= 15 is 0 Å². The molecule has 2 heterocycles. The first kappa shape index (κ1) is 15.5. The zero-order valence-corrected chi connectivity index (χ0v) is 13.8. The first-order valence-corrected chi connectivity index (χ1v) is 8.86. The molecule has 9 heteroatoms. The van der Waals surface area contributed by atoms with Crippen LogP contribution in [0, 0.1) is 0 Å². The summed E-state index contributed by atoms with van der Waals surface area (Å²) in [6.07, 6.45) is 3.56. The summed E-state index contributed by atoms with van der Waals surface area (Å²) in [5.74, 6) is 0. The van der Waals surface area contributed by atoms with E-state index in [9.17, 15) is 13.2 Å². The number of rotatable bonds is 2. The third-order valence-corrected chi connectivity index (χ3v) is 5.37. The van der Waals surface area contributed by atoms with Crippen molar-refractivity contribution in [3.05, 3.63) is 21.0 Å². The van der Waals surface area contributed by atoms with Crippen molar-refractivity contribution in [2.75, 3.05) is 37.3 Å². The van der Waals surface area contributed by atoms with Crippen molar-refractivity contribution in [2.24, 2.45) is 7.05 Å². The van der Waals surface area contributed by atoms with Gasteiger partial charge in [0.05, 0.1) is 18.1 Å². The Hall–Kier alpha value is -0.930. The molecule has 0 atom stereocenters. The molecule has 1 aliphatic rings. The molecular formula is C11H17BrN4O3S. The van der Waals surface area contributed by atoms with Gasteiger partial charge in [-0.05, 0) is 22.4 Å². The topological polar surface area (TPSA) is 75.5 Å². The van der Waals surface area contributed by atoms with Crippen molar-refractivity contribution in [1.82, 2.24) is 14.1 Å². The number of hydrogen-bond acceptors (Lipinski definition) is 5. The fourth-order valence-corrected chi connectivity index (χ4v) is 3.67. The van der Waals surface area contributed by atoms with Crippen molar-refractivity contribution in [2.45, 2.75) is 6.42 Å². The summed E-state index contributed by atoms with van der Waals surface area (Å²) in [6.45, 7) is 2.16. The SMILES string of the molecule is Cn1ncc(N2CCCN(S(C)(=O)=O)CC2)c(Br)c1=O. The minimum absolute atomic E-state index is 0.202. The Morgan fingerprint density at radius 2 is 1.95 bits per heavy atom. The highest BCUT2D eigenvalue weighted by Gasteiger charge is 2.23. The Balaban J connectivity index is 2.24. The fourth-order valence-electron chi connectivity index (χ4n) is 2.19. The van der Waals surface area contributed by atoms with Crippen molar-refractivity contribution in [3.63, 3.8) is 0 Å². The Kier molecular flexibility index (Phi) is 4.50. The van der Waals surface area contributed by atoms with Gasteiger partial charge in [-0.3, -0.25) is 4.79 Å². The van der Waals surface area contributed by atoms with E-state index in [1.165, 1.54) is 15.2 Å². The standard InChI is InChI=1S/C11H17BrN4O3S/c1-14-11(17)10(12)9(8-13-14)15-4-3-5-16(7-6-15)20(2,18)19/h8H,3-7H2,1-2H3. The molecule has 2 rings (SSSR count). The summed E-state index contributed by atoms with van der Waals surface area (Å²) in [6, 6.07) is 0. The molecule has 0 spiro atoms. The lowest BCUT2D eigenvalue weighted by atomic mass is 10.3. The molecule has 112 valence electrons. The smallest absolute Gasteiger partial charge is 0.282 e. The zero-order chi connectivity index (χ0) is 14.9. The fraction of sp³-hybridized carbons (Fsp3) is 0.636. The normalized spacial score (nSPS) is 18.1. The predicted molar refractivity (Wildman–Crippen MR) is 80.4 cm³/mol. The van der Waals surface area contributed by atoms with Gasteiger partial charge in [-0.2, -0.15) is 5.10 Å². The van der Waals surface area contributed by atoms with Crippen molar-refractivity contribution in [3.8, 4) is 0 Å². The lowest BCUT2D eigenvalue weighted by Crippen LogP contribution is -2.35. The number of hydrogen-bond donors (Lipinski definition) is 0. The molecule has 1 aromatic rings. The number of aromatic nitrogens is 2. The van der Waals surface area contributed by atoms with Crippen LogP contribution < -0.4 is 10.5 Å². The molecule has 1 saturated heterocycles. The molecule has 0 saturated carbocycles. The van der Waals surface area contributed by atoms with Crippen LogP contribution in [0.3, 0.4) is 0 Å². The Morgan fingerprint density at radius 3 is 2.60 bits per heavy atom. The molecule has 7 nitrogen and oxygen atoms in total. The van der Waals surface area contributed by atoms with Crippen molar-refractivity contribution >= 4 is 31.6 Å². The van der Waals surface area contributed by atoms with Crippen LogP contribution in [0.25, 0.3) is 0 Å². The molecular weight excluding hydrogens is 348 g/mol. The first-order valence-electron chi connectivity index (χ1n) is 6.22. The Morgan fingerprint density at radius 1 is 1.25 bits per heavy atom. The van der Waals surface area contributed by atoms with Crippen LogP contribution in [0.5, 0.6) is 0 Å². The van der Waals surface area contributed by atoms with Gasteiger partial charge >= 0.3 is 0 Å². The van der Waals surface area contributed by atoms with E-state index in [2.05, 4.69) is 21.0 Å². The first-order chi connectivity index (χ1) is 9.30. The number of halogens is 1. The largest absolute Gasteiger partial charge is 0.368 e. The lowest BCUT2D eigenvalue weighted by Gasteiger charge is -2.23. The van der Waals surface area contributed by atoms with Gasteiger partial charge in [0.15, 0.2) is 0 Å². The van der Waals surface area contributed by atoms with Crippen LogP contribution >= 0.6 is 15.9 Å². The van der Waals surface area contributed by atoms with E-state index < -0.39 is 10.0 Å². The Labute approximate surface area is 126 Å². The number of anilines is 1. The van der Waals surface area contributed by atoms with Crippen LogP contribution in [-0.4, -0.2) is 54.9 Å². The van der Waals surface area contributed by atoms with Gasteiger partial charge in [0.25, 0.3) is 5.56 Å². The summed E-state index contributed by atoms with van der Waals surface area (Å²) in [5, 5.41) is 4.01. The van der Waals surface area contributed by atoms with Gasteiger partial charge in [-0.25, -0.2) is 17.4 Å². The third-order valence-electron chi connectivity index (χ3n) is 3.32. The number of sulfonamides is 1. The third kappa shape index (κ3) is 3.21. The minimum Gasteiger partial charge on any atom is -0.368 e. The van der Waals surface area contributed by atoms with Crippen LogP contribution in [0.2, 0.25) is 0 Å². The summed E-state index contributed by atoms with van der Waals surface area (Å²) in [7, 11) is -1.58.